The number of rotatable bonds is 6. The Balaban J connectivity index is 0.00000264. The van der Waals surface area contributed by atoms with E-state index in [9.17, 15) is 4.79 Å². The Bertz CT molecular complexity index is 526. The molecule has 5 nitrogen and oxygen atoms in total. The summed E-state index contributed by atoms with van der Waals surface area (Å²) in [6.45, 7) is 7.08. The largest absolute Gasteiger partial charge is 0.496 e. The molecule has 1 aromatic carbocycles. The van der Waals surface area contributed by atoms with Crippen molar-refractivity contribution in [3.05, 3.63) is 29.8 Å². The number of hydrogen-bond acceptors (Lipinski definition) is 4. The molecule has 23 heavy (non-hydrogen) atoms. The van der Waals surface area contributed by atoms with E-state index in [1.165, 1.54) is 0 Å². The topological polar surface area (TPSA) is 67.6 Å². The van der Waals surface area contributed by atoms with E-state index < -0.39 is 0 Å². The molecular formula is C17H28ClN3O2. The molecular weight excluding hydrogens is 314 g/mol. The molecule has 1 aliphatic heterocycles. The van der Waals surface area contributed by atoms with Crippen molar-refractivity contribution in [3.8, 4) is 5.75 Å². The highest BCUT2D eigenvalue weighted by Crippen LogP contribution is 2.28. The number of likely N-dealkylation sites (tertiary alicyclic amines) is 1. The van der Waals surface area contributed by atoms with E-state index in [0.29, 0.717) is 13.1 Å². The molecule has 0 radical (unpaired) electrons. The van der Waals surface area contributed by atoms with Crippen molar-refractivity contribution in [1.82, 2.24) is 10.2 Å². The Morgan fingerprint density at radius 3 is 2.78 bits per heavy atom. The number of benzene rings is 1. The van der Waals surface area contributed by atoms with Crippen LogP contribution in [-0.2, 0) is 4.79 Å². The lowest BCUT2D eigenvalue weighted by molar-refractivity contribution is -0.122. The van der Waals surface area contributed by atoms with Crippen LogP contribution in [0.4, 0.5) is 0 Å². The van der Waals surface area contributed by atoms with Crippen LogP contribution >= 0.6 is 12.4 Å². The molecule has 1 fully saturated rings. The van der Waals surface area contributed by atoms with Gasteiger partial charge in [0, 0.05) is 12.1 Å². The average Bonchev–Trinajstić information content (AvgIpc) is 2.88. The van der Waals surface area contributed by atoms with Crippen LogP contribution in [0.2, 0.25) is 0 Å². The van der Waals surface area contributed by atoms with Crippen molar-refractivity contribution in [2.45, 2.75) is 26.3 Å². The van der Waals surface area contributed by atoms with E-state index in [4.69, 9.17) is 10.5 Å². The van der Waals surface area contributed by atoms with Gasteiger partial charge in [0.1, 0.15) is 5.75 Å². The molecule has 1 heterocycles. The van der Waals surface area contributed by atoms with Crippen molar-refractivity contribution in [2.75, 3.05) is 33.3 Å². The summed E-state index contributed by atoms with van der Waals surface area (Å²) in [4.78, 5) is 14.4. The second-order valence-electron chi connectivity index (χ2n) is 6.51. The normalized spacial score (nSPS) is 22.3. The van der Waals surface area contributed by atoms with Crippen LogP contribution in [0, 0.1) is 5.41 Å². The number of halogens is 1. The number of nitrogens with one attached hydrogen (secondary N) is 1. The number of amides is 1. The Morgan fingerprint density at radius 2 is 2.17 bits per heavy atom. The quantitative estimate of drug-likeness (QED) is 0.830. The van der Waals surface area contributed by atoms with E-state index >= 15 is 0 Å². The molecule has 3 N–H and O–H groups in total. The van der Waals surface area contributed by atoms with Gasteiger partial charge in [-0.1, -0.05) is 25.1 Å². The number of ether oxygens (including phenoxy) is 1. The summed E-state index contributed by atoms with van der Waals surface area (Å²) in [6.07, 6.45) is 1.05. The van der Waals surface area contributed by atoms with E-state index in [0.717, 1.165) is 30.8 Å². The van der Waals surface area contributed by atoms with Gasteiger partial charge in [0.2, 0.25) is 5.91 Å². The van der Waals surface area contributed by atoms with Crippen molar-refractivity contribution < 1.29 is 9.53 Å². The molecule has 1 aliphatic rings. The molecule has 0 spiro atoms. The standard InChI is InChI=1S/C17H27N3O2.ClH/c1-13(14-6-4-5-7-15(14)22-3)19-16(21)10-20-9-8-17(2,11-18)12-20;/h4-7,13H,8-12,18H2,1-3H3,(H,19,21);1H. The van der Waals surface area contributed by atoms with Crippen LogP contribution in [0.15, 0.2) is 24.3 Å². The van der Waals surface area contributed by atoms with E-state index in [1.54, 1.807) is 7.11 Å². The number of para-hydroxylation sites is 1. The Kier molecular flexibility index (Phi) is 7.32. The number of carbonyl (C=O) groups is 1. The van der Waals surface area contributed by atoms with Gasteiger partial charge in [0.25, 0.3) is 0 Å². The first-order valence-corrected chi connectivity index (χ1v) is 7.82. The minimum Gasteiger partial charge on any atom is -0.496 e. The maximum absolute atomic E-state index is 12.3. The van der Waals surface area contributed by atoms with Gasteiger partial charge in [0.05, 0.1) is 19.7 Å². The zero-order valence-corrected chi connectivity index (χ0v) is 15.0. The maximum atomic E-state index is 12.3. The molecule has 0 aromatic heterocycles. The molecule has 0 bridgehead atoms. The van der Waals surface area contributed by atoms with Gasteiger partial charge < -0.3 is 15.8 Å². The second kappa shape index (κ2) is 8.52. The first-order valence-electron chi connectivity index (χ1n) is 7.82. The van der Waals surface area contributed by atoms with Crippen LogP contribution in [0.25, 0.3) is 0 Å². The fraction of sp³-hybridized carbons (Fsp3) is 0.588. The zero-order chi connectivity index (χ0) is 16.2. The van der Waals surface area contributed by atoms with Crippen molar-refractivity contribution >= 4 is 18.3 Å². The Labute approximate surface area is 145 Å². The molecule has 2 atom stereocenters. The SMILES string of the molecule is COc1ccccc1C(C)NC(=O)CN1CCC(C)(CN)C1.Cl. The maximum Gasteiger partial charge on any atom is 0.234 e. The molecule has 2 rings (SSSR count). The van der Waals surface area contributed by atoms with Crippen molar-refractivity contribution in [1.29, 1.82) is 0 Å². The van der Waals surface area contributed by atoms with Crippen LogP contribution in [-0.4, -0.2) is 44.1 Å². The highest BCUT2D eigenvalue weighted by molar-refractivity contribution is 5.85. The summed E-state index contributed by atoms with van der Waals surface area (Å²) in [5.41, 5.74) is 6.95. The summed E-state index contributed by atoms with van der Waals surface area (Å²) in [7, 11) is 1.64. The van der Waals surface area contributed by atoms with Crippen LogP contribution in [0.3, 0.4) is 0 Å². The number of nitrogens with zero attached hydrogens (tertiary/aromatic N) is 1. The molecule has 0 saturated carbocycles. The number of carbonyl (C=O) groups excluding carboxylic acids is 1. The predicted molar refractivity (Wildman–Crippen MR) is 95.0 cm³/mol. The monoisotopic (exact) mass is 341 g/mol. The van der Waals surface area contributed by atoms with Crippen LogP contribution in [0.1, 0.15) is 31.9 Å². The summed E-state index contributed by atoms with van der Waals surface area (Å²) in [5.74, 6) is 0.840. The zero-order valence-electron chi connectivity index (χ0n) is 14.2. The molecule has 0 aliphatic carbocycles. The van der Waals surface area contributed by atoms with Crippen LogP contribution < -0.4 is 15.8 Å². The molecule has 130 valence electrons. The third kappa shape index (κ3) is 5.09. The molecule has 1 amide bonds. The fourth-order valence-electron chi connectivity index (χ4n) is 3.02. The minimum atomic E-state index is -0.0767. The number of methoxy groups -OCH3 is 1. The highest BCUT2D eigenvalue weighted by Gasteiger charge is 2.33. The van der Waals surface area contributed by atoms with Gasteiger partial charge in [-0.2, -0.15) is 0 Å². The Morgan fingerprint density at radius 1 is 1.48 bits per heavy atom. The lowest BCUT2D eigenvalue weighted by Crippen LogP contribution is -2.39. The first kappa shape index (κ1) is 19.7. The predicted octanol–water partition coefficient (Wildman–Crippen LogP) is 1.96. The minimum absolute atomic E-state index is 0. The summed E-state index contributed by atoms with van der Waals surface area (Å²) in [6, 6.07) is 7.69. The van der Waals surface area contributed by atoms with E-state index in [2.05, 4.69) is 17.1 Å². The number of hydrogen-bond donors (Lipinski definition) is 2. The van der Waals surface area contributed by atoms with Crippen molar-refractivity contribution in [2.24, 2.45) is 11.1 Å². The van der Waals surface area contributed by atoms with Gasteiger partial charge >= 0.3 is 0 Å². The van der Waals surface area contributed by atoms with E-state index in [1.807, 2.05) is 31.2 Å². The third-order valence-corrected chi connectivity index (χ3v) is 4.48. The second-order valence-corrected chi connectivity index (χ2v) is 6.51. The lowest BCUT2D eigenvalue weighted by Gasteiger charge is -2.23. The molecule has 1 saturated heterocycles. The van der Waals surface area contributed by atoms with E-state index in [-0.39, 0.29) is 29.8 Å². The third-order valence-electron chi connectivity index (χ3n) is 4.48. The summed E-state index contributed by atoms with van der Waals surface area (Å²) >= 11 is 0. The average molecular weight is 342 g/mol. The van der Waals surface area contributed by atoms with Crippen molar-refractivity contribution in [3.63, 3.8) is 0 Å². The first-order chi connectivity index (χ1) is 10.5. The Hall–Kier alpha value is -1.30. The molecule has 1 aromatic rings. The van der Waals surface area contributed by atoms with Gasteiger partial charge in [-0.25, -0.2) is 0 Å². The highest BCUT2D eigenvalue weighted by atomic mass is 35.5. The lowest BCUT2D eigenvalue weighted by atomic mass is 9.90. The fourth-order valence-corrected chi connectivity index (χ4v) is 3.02. The summed E-state index contributed by atoms with van der Waals surface area (Å²) < 4.78 is 5.35. The summed E-state index contributed by atoms with van der Waals surface area (Å²) in [5, 5.41) is 3.05. The molecule has 6 heteroatoms. The van der Waals surface area contributed by atoms with Gasteiger partial charge in [-0.15, -0.1) is 12.4 Å². The van der Waals surface area contributed by atoms with Gasteiger partial charge in [-0.3, -0.25) is 9.69 Å². The van der Waals surface area contributed by atoms with Crippen LogP contribution in [0.5, 0.6) is 5.75 Å². The number of nitrogens with two attached hydrogens (primary N) is 1. The smallest absolute Gasteiger partial charge is 0.234 e. The van der Waals surface area contributed by atoms with Gasteiger partial charge in [-0.05, 0) is 37.9 Å². The van der Waals surface area contributed by atoms with Gasteiger partial charge in [0.15, 0.2) is 0 Å². The molecule has 2 unspecified atom stereocenters.